The van der Waals surface area contributed by atoms with Gasteiger partial charge in [0, 0.05) is 44.1 Å². The number of para-hydroxylation sites is 1. The summed E-state index contributed by atoms with van der Waals surface area (Å²) in [5, 5.41) is 9.77. The molecule has 0 amide bonds. The molecule has 0 saturated heterocycles. The summed E-state index contributed by atoms with van der Waals surface area (Å²) < 4.78 is 2.46. The van der Waals surface area contributed by atoms with Crippen LogP contribution in [-0.4, -0.2) is 19.5 Å². The zero-order chi connectivity index (χ0) is 38.5. The molecular weight excluding hydrogens is 705 g/mol. The topological polar surface area (TPSA) is 43.6 Å². The van der Waals surface area contributed by atoms with Crippen LogP contribution in [0.15, 0.2) is 182 Å². The standard InChI is InChI=1S/C54H36N4/c1-54(2)45-19-9-7-18-43(45)49-48-38(16-11-20-46(48)54)32-44-42-17-8-10-21-47(42)58(50(44)49)41-28-26-35(27-29-41)51-55-52(39-24-22-33-12-3-5-14-36(33)30-39)57-53(56-51)40-25-23-34-13-4-6-15-37(34)31-40/h3-32H,1-2H3. The van der Waals surface area contributed by atoms with Crippen molar-refractivity contribution < 1.29 is 0 Å². The van der Waals surface area contributed by atoms with Gasteiger partial charge in [0.05, 0.1) is 11.0 Å². The lowest BCUT2D eigenvalue weighted by Gasteiger charge is -2.35. The third kappa shape index (κ3) is 4.85. The molecule has 1 aliphatic rings. The smallest absolute Gasteiger partial charge is 0.164 e. The molecule has 0 unspecified atom stereocenters. The summed E-state index contributed by atoms with van der Waals surface area (Å²) in [6, 6.07) is 65.4. The molecule has 272 valence electrons. The first-order valence-corrected chi connectivity index (χ1v) is 19.9. The first kappa shape index (κ1) is 32.8. The zero-order valence-corrected chi connectivity index (χ0v) is 32.1. The van der Waals surface area contributed by atoms with Crippen LogP contribution in [0.5, 0.6) is 0 Å². The number of fused-ring (bicyclic) bond motifs is 8. The third-order valence-electron chi connectivity index (χ3n) is 12.4. The van der Waals surface area contributed by atoms with Crippen molar-refractivity contribution in [1.29, 1.82) is 0 Å². The summed E-state index contributed by atoms with van der Waals surface area (Å²) in [6.45, 7) is 4.72. The summed E-state index contributed by atoms with van der Waals surface area (Å²) in [7, 11) is 0. The molecule has 0 radical (unpaired) electrons. The summed E-state index contributed by atoms with van der Waals surface area (Å²) in [4.78, 5) is 15.4. The first-order valence-electron chi connectivity index (χ1n) is 19.9. The second kappa shape index (κ2) is 12.3. The van der Waals surface area contributed by atoms with Crippen molar-refractivity contribution in [3.63, 3.8) is 0 Å². The van der Waals surface area contributed by atoms with E-state index in [1.54, 1.807) is 0 Å². The van der Waals surface area contributed by atoms with Crippen LogP contribution < -0.4 is 0 Å². The maximum absolute atomic E-state index is 5.15. The van der Waals surface area contributed by atoms with Crippen LogP contribution in [0.2, 0.25) is 0 Å². The number of nitrogens with zero attached hydrogens (tertiary/aromatic N) is 4. The lowest BCUT2D eigenvalue weighted by Crippen LogP contribution is -2.23. The van der Waals surface area contributed by atoms with Gasteiger partial charge in [0.2, 0.25) is 0 Å². The van der Waals surface area contributed by atoms with Gasteiger partial charge in [-0.3, -0.25) is 0 Å². The van der Waals surface area contributed by atoms with Gasteiger partial charge in [-0.1, -0.05) is 147 Å². The van der Waals surface area contributed by atoms with Gasteiger partial charge in [0.15, 0.2) is 17.5 Å². The van der Waals surface area contributed by atoms with Crippen LogP contribution >= 0.6 is 0 Å². The van der Waals surface area contributed by atoms with E-state index in [9.17, 15) is 0 Å². The third-order valence-corrected chi connectivity index (χ3v) is 12.4. The van der Waals surface area contributed by atoms with Gasteiger partial charge in [-0.05, 0) is 97.5 Å². The van der Waals surface area contributed by atoms with E-state index < -0.39 is 0 Å². The molecule has 0 atom stereocenters. The van der Waals surface area contributed by atoms with Gasteiger partial charge in [-0.25, -0.2) is 15.0 Å². The highest BCUT2D eigenvalue weighted by molar-refractivity contribution is 6.23. The Kier molecular flexibility index (Phi) is 6.94. The lowest BCUT2D eigenvalue weighted by atomic mass is 9.68. The molecule has 0 N–H and O–H groups in total. The Hall–Kier alpha value is -7.43. The molecule has 0 saturated carbocycles. The Labute approximate surface area is 335 Å². The molecule has 4 heteroatoms. The average molecular weight is 741 g/mol. The molecule has 1 aliphatic carbocycles. The highest BCUT2D eigenvalue weighted by Gasteiger charge is 2.35. The molecule has 11 aromatic rings. The van der Waals surface area contributed by atoms with E-state index in [-0.39, 0.29) is 5.41 Å². The molecule has 0 aliphatic heterocycles. The molecule has 0 bridgehead atoms. The van der Waals surface area contributed by atoms with Crippen LogP contribution in [0, 0.1) is 0 Å². The predicted octanol–water partition coefficient (Wildman–Crippen LogP) is 13.7. The van der Waals surface area contributed by atoms with Crippen molar-refractivity contribution in [2.75, 3.05) is 0 Å². The lowest BCUT2D eigenvalue weighted by molar-refractivity contribution is 0.645. The highest BCUT2D eigenvalue weighted by Crippen LogP contribution is 2.52. The van der Waals surface area contributed by atoms with Crippen molar-refractivity contribution in [1.82, 2.24) is 19.5 Å². The fourth-order valence-corrected chi connectivity index (χ4v) is 9.52. The first-order chi connectivity index (χ1) is 28.5. The summed E-state index contributed by atoms with van der Waals surface area (Å²) in [5.41, 5.74) is 11.5. The van der Waals surface area contributed by atoms with E-state index in [4.69, 9.17) is 15.0 Å². The van der Waals surface area contributed by atoms with Crippen molar-refractivity contribution in [3.8, 4) is 51.0 Å². The maximum atomic E-state index is 5.15. The van der Waals surface area contributed by atoms with Crippen LogP contribution in [0.3, 0.4) is 0 Å². The minimum absolute atomic E-state index is 0.128. The normalized spacial score (nSPS) is 13.1. The van der Waals surface area contributed by atoms with Crippen molar-refractivity contribution >= 4 is 54.1 Å². The fourth-order valence-electron chi connectivity index (χ4n) is 9.52. The van der Waals surface area contributed by atoms with Gasteiger partial charge in [0.1, 0.15) is 0 Å². The monoisotopic (exact) mass is 740 g/mol. The molecular formula is C54H36N4. The molecule has 12 rings (SSSR count). The Bertz CT molecular complexity index is 3380. The average Bonchev–Trinajstić information content (AvgIpc) is 3.61. The van der Waals surface area contributed by atoms with Crippen molar-refractivity contribution in [2.24, 2.45) is 0 Å². The second-order valence-electron chi connectivity index (χ2n) is 16.1. The largest absolute Gasteiger partial charge is 0.309 e. The summed E-state index contributed by atoms with van der Waals surface area (Å²) >= 11 is 0. The van der Waals surface area contributed by atoms with E-state index >= 15 is 0 Å². The molecule has 9 aromatic carbocycles. The Morgan fingerprint density at radius 2 is 0.948 bits per heavy atom. The number of hydrogen-bond donors (Lipinski definition) is 0. The van der Waals surface area contributed by atoms with E-state index in [0.29, 0.717) is 17.5 Å². The molecule has 2 heterocycles. The number of hydrogen-bond acceptors (Lipinski definition) is 3. The predicted molar refractivity (Wildman–Crippen MR) is 241 cm³/mol. The quantitative estimate of drug-likeness (QED) is 0.180. The number of aromatic nitrogens is 4. The van der Waals surface area contributed by atoms with Crippen LogP contribution in [0.1, 0.15) is 25.0 Å². The highest BCUT2D eigenvalue weighted by atomic mass is 15.0. The van der Waals surface area contributed by atoms with Crippen LogP contribution in [0.25, 0.3) is 105 Å². The minimum Gasteiger partial charge on any atom is -0.309 e. The van der Waals surface area contributed by atoms with E-state index in [2.05, 4.69) is 200 Å². The molecule has 2 aromatic heterocycles. The van der Waals surface area contributed by atoms with Gasteiger partial charge in [-0.2, -0.15) is 0 Å². The molecule has 0 fully saturated rings. The molecule has 0 spiro atoms. The van der Waals surface area contributed by atoms with Crippen molar-refractivity contribution in [2.45, 2.75) is 19.3 Å². The van der Waals surface area contributed by atoms with Crippen LogP contribution in [-0.2, 0) is 5.41 Å². The van der Waals surface area contributed by atoms with Gasteiger partial charge < -0.3 is 4.57 Å². The SMILES string of the molecule is CC1(C)c2ccccc2-c2c3c1cccc3cc1c3ccccc3n(-c3ccc(-c4nc(-c5ccc6ccccc6c5)nc(-c5ccc6ccccc6c5)n4)cc3)c21. The fraction of sp³-hybridized carbons (Fsp3) is 0.0556. The van der Waals surface area contributed by atoms with Crippen molar-refractivity contribution in [3.05, 3.63) is 193 Å². The van der Waals surface area contributed by atoms with E-state index in [1.165, 1.54) is 65.6 Å². The zero-order valence-electron chi connectivity index (χ0n) is 32.1. The molecule has 58 heavy (non-hydrogen) atoms. The van der Waals surface area contributed by atoms with Crippen LogP contribution in [0.4, 0.5) is 0 Å². The summed E-state index contributed by atoms with van der Waals surface area (Å²) in [5.74, 6) is 1.93. The second-order valence-corrected chi connectivity index (χ2v) is 16.1. The van der Waals surface area contributed by atoms with E-state index in [1.807, 2.05) is 0 Å². The number of rotatable bonds is 4. The van der Waals surface area contributed by atoms with Gasteiger partial charge in [-0.15, -0.1) is 0 Å². The Balaban J connectivity index is 1.07. The molecule has 4 nitrogen and oxygen atoms in total. The Morgan fingerprint density at radius 3 is 1.64 bits per heavy atom. The van der Waals surface area contributed by atoms with Gasteiger partial charge in [0.25, 0.3) is 0 Å². The summed E-state index contributed by atoms with van der Waals surface area (Å²) in [6.07, 6.45) is 0. The van der Waals surface area contributed by atoms with E-state index in [0.717, 1.165) is 33.2 Å². The Morgan fingerprint density at radius 1 is 0.414 bits per heavy atom. The minimum atomic E-state index is -0.128. The number of benzene rings is 9. The maximum Gasteiger partial charge on any atom is 0.164 e. The van der Waals surface area contributed by atoms with Gasteiger partial charge >= 0.3 is 0 Å².